The minimum atomic E-state index is 0.103. The average Bonchev–Trinajstić information content (AvgIpc) is 2.88. The Morgan fingerprint density at radius 2 is 2.32 bits per heavy atom. The van der Waals surface area contributed by atoms with E-state index < -0.39 is 0 Å². The molecule has 7 heteroatoms. The van der Waals surface area contributed by atoms with Gasteiger partial charge in [0.2, 0.25) is 0 Å². The van der Waals surface area contributed by atoms with E-state index in [1.807, 2.05) is 32.0 Å². The third-order valence-electron chi connectivity index (χ3n) is 2.55. The first-order chi connectivity index (χ1) is 9.15. The normalized spacial score (nSPS) is 11.8. The van der Waals surface area contributed by atoms with Gasteiger partial charge in [-0.1, -0.05) is 36.0 Å². The number of rotatable bonds is 4. The van der Waals surface area contributed by atoms with Crippen molar-refractivity contribution in [1.29, 1.82) is 0 Å². The van der Waals surface area contributed by atoms with Crippen molar-refractivity contribution in [3.63, 3.8) is 0 Å². The average molecular weight is 294 g/mol. The fourth-order valence-corrected chi connectivity index (χ4v) is 3.40. The van der Waals surface area contributed by atoms with Crippen molar-refractivity contribution in [2.75, 3.05) is 0 Å². The summed E-state index contributed by atoms with van der Waals surface area (Å²) >= 11 is 2.86. The number of aromatic nitrogens is 2. The second kappa shape index (κ2) is 6.03. The SMILES string of the molecule is CCc1nsc(Sc2c(C)cccc2/C(N)=N/O)n1. The molecule has 0 aliphatic heterocycles. The van der Waals surface area contributed by atoms with Gasteiger partial charge in [0.1, 0.15) is 5.82 Å². The number of hydrogen-bond donors (Lipinski definition) is 2. The van der Waals surface area contributed by atoms with Crippen molar-refractivity contribution >= 4 is 29.1 Å². The number of nitrogens with two attached hydrogens (primary N) is 1. The molecule has 5 nitrogen and oxygen atoms in total. The van der Waals surface area contributed by atoms with Crippen LogP contribution >= 0.6 is 23.3 Å². The quantitative estimate of drug-likeness (QED) is 0.392. The van der Waals surface area contributed by atoms with Crippen LogP contribution in [0, 0.1) is 6.92 Å². The van der Waals surface area contributed by atoms with Crippen molar-refractivity contribution in [3.8, 4) is 0 Å². The van der Waals surface area contributed by atoms with Gasteiger partial charge in [0.25, 0.3) is 0 Å². The van der Waals surface area contributed by atoms with E-state index in [4.69, 9.17) is 10.9 Å². The van der Waals surface area contributed by atoms with E-state index >= 15 is 0 Å². The minimum Gasteiger partial charge on any atom is -0.409 e. The molecule has 0 aliphatic carbocycles. The lowest BCUT2D eigenvalue weighted by Crippen LogP contribution is -2.14. The molecule has 19 heavy (non-hydrogen) atoms. The minimum absolute atomic E-state index is 0.103. The largest absolute Gasteiger partial charge is 0.409 e. The zero-order valence-corrected chi connectivity index (χ0v) is 12.3. The molecule has 1 aromatic carbocycles. The van der Waals surface area contributed by atoms with Gasteiger partial charge in [0.05, 0.1) is 0 Å². The molecule has 100 valence electrons. The highest BCUT2D eigenvalue weighted by Gasteiger charge is 2.13. The highest BCUT2D eigenvalue weighted by atomic mass is 32.2. The van der Waals surface area contributed by atoms with Crippen LogP contribution in [0.4, 0.5) is 0 Å². The lowest BCUT2D eigenvalue weighted by molar-refractivity contribution is 0.318. The highest BCUT2D eigenvalue weighted by molar-refractivity contribution is 8.01. The van der Waals surface area contributed by atoms with Crippen LogP contribution in [-0.2, 0) is 6.42 Å². The van der Waals surface area contributed by atoms with Gasteiger partial charge in [-0.05, 0) is 30.1 Å². The van der Waals surface area contributed by atoms with E-state index in [0.29, 0.717) is 5.56 Å². The van der Waals surface area contributed by atoms with E-state index in [1.54, 1.807) is 0 Å². The lowest BCUT2D eigenvalue weighted by atomic mass is 10.1. The Balaban J connectivity index is 2.38. The Kier molecular flexibility index (Phi) is 4.39. The maximum Gasteiger partial charge on any atom is 0.174 e. The first-order valence-corrected chi connectivity index (χ1v) is 7.32. The first-order valence-electron chi connectivity index (χ1n) is 5.73. The summed E-state index contributed by atoms with van der Waals surface area (Å²) in [5.41, 5.74) is 7.47. The maximum atomic E-state index is 8.84. The molecule has 1 heterocycles. The van der Waals surface area contributed by atoms with Crippen LogP contribution < -0.4 is 5.73 Å². The van der Waals surface area contributed by atoms with E-state index in [9.17, 15) is 0 Å². The zero-order valence-electron chi connectivity index (χ0n) is 10.6. The van der Waals surface area contributed by atoms with Crippen LogP contribution in [0.2, 0.25) is 0 Å². The first kappa shape index (κ1) is 13.8. The summed E-state index contributed by atoms with van der Waals surface area (Å²) in [6, 6.07) is 5.69. The molecule has 0 spiro atoms. The maximum absolute atomic E-state index is 8.84. The summed E-state index contributed by atoms with van der Waals surface area (Å²) < 4.78 is 5.11. The third-order valence-corrected chi connectivity index (χ3v) is 4.59. The summed E-state index contributed by atoms with van der Waals surface area (Å²) in [5, 5.41) is 11.9. The summed E-state index contributed by atoms with van der Waals surface area (Å²) in [6.07, 6.45) is 0.817. The topological polar surface area (TPSA) is 84.4 Å². The number of hydrogen-bond acceptors (Lipinski definition) is 6. The van der Waals surface area contributed by atoms with Gasteiger partial charge in [-0.3, -0.25) is 0 Å². The Labute approximate surface area is 119 Å². The number of amidine groups is 1. The Morgan fingerprint density at radius 1 is 1.53 bits per heavy atom. The smallest absolute Gasteiger partial charge is 0.174 e. The van der Waals surface area contributed by atoms with E-state index in [1.165, 1.54) is 23.3 Å². The monoisotopic (exact) mass is 294 g/mol. The molecule has 0 bridgehead atoms. The van der Waals surface area contributed by atoms with Crippen LogP contribution in [0.3, 0.4) is 0 Å². The van der Waals surface area contributed by atoms with Crippen LogP contribution in [-0.4, -0.2) is 20.4 Å². The number of nitrogens with zero attached hydrogens (tertiary/aromatic N) is 3. The van der Waals surface area contributed by atoms with Gasteiger partial charge < -0.3 is 10.9 Å². The third kappa shape index (κ3) is 3.05. The van der Waals surface area contributed by atoms with E-state index in [0.717, 1.165) is 27.0 Å². The molecule has 0 unspecified atom stereocenters. The van der Waals surface area contributed by atoms with Gasteiger partial charge in [-0.2, -0.15) is 4.37 Å². The summed E-state index contributed by atoms with van der Waals surface area (Å²) in [5.74, 6) is 0.942. The fraction of sp³-hybridized carbons (Fsp3) is 0.250. The molecule has 0 fully saturated rings. The molecule has 1 aromatic heterocycles. The van der Waals surface area contributed by atoms with Crippen molar-refractivity contribution < 1.29 is 5.21 Å². The molecule has 0 atom stereocenters. The van der Waals surface area contributed by atoms with Crippen LogP contribution in [0.25, 0.3) is 0 Å². The Hall–Kier alpha value is -1.60. The summed E-state index contributed by atoms with van der Waals surface area (Å²) in [4.78, 5) is 5.36. The Bertz CT molecular complexity index is 610. The number of oxime groups is 1. The van der Waals surface area contributed by atoms with Gasteiger partial charge in [-0.15, -0.1) is 0 Å². The molecule has 0 aliphatic rings. The summed E-state index contributed by atoms with van der Waals surface area (Å²) in [6.45, 7) is 4.00. The van der Waals surface area contributed by atoms with Crippen molar-refractivity contribution in [2.24, 2.45) is 10.9 Å². The zero-order chi connectivity index (χ0) is 13.8. The standard InChI is InChI=1S/C12H14N4OS2/c1-3-9-14-12(19-16-9)18-10-7(2)5-4-6-8(10)11(13)15-17/h4-6,17H,3H2,1-2H3,(H2,13,15). The number of benzene rings is 1. The van der Waals surface area contributed by atoms with Crippen molar-refractivity contribution in [3.05, 3.63) is 35.2 Å². The molecule has 0 saturated carbocycles. The molecule has 0 radical (unpaired) electrons. The van der Waals surface area contributed by atoms with Gasteiger partial charge >= 0.3 is 0 Å². The lowest BCUT2D eigenvalue weighted by Gasteiger charge is -2.09. The van der Waals surface area contributed by atoms with Crippen LogP contribution in [0.1, 0.15) is 23.9 Å². The number of aryl methyl sites for hydroxylation is 2. The fourth-order valence-electron chi connectivity index (χ4n) is 1.55. The molecule has 3 N–H and O–H groups in total. The van der Waals surface area contributed by atoms with Gasteiger partial charge in [0, 0.05) is 16.9 Å². The van der Waals surface area contributed by atoms with Crippen LogP contribution in [0.15, 0.2) is 32.6 Å². The van der Waals surface area contributed by atoms with E-state index in [-0.39, 0.29) is 5.84 Å². The second-order valence-corrected chi connectivity index (χ2v) is 5.88. The molecule has 0 saturated heterocycles. The van der Waals surface area contributed by atoms with Crippen LogP contribution in [0.5, 0.6) is 0 Å². The van der Waals surface area contributed by atoms with Gasteiger partial charge in [-0.25, -0.2) is 4.98 Å². The molecule has 0 amide bonds. The predicted molar refractivity (Wildman–Crippen MR) is 77.1 cm³/mol. The van der Waals surface area contributed by atoms with E-state index in [2.05, 4.69) is 14.5 Å². The van der Waals surface area contributed by atoms with Gasteiger partial charge in [0.15, 0.2) is 10.2 Å². The molecule has 2 aromatic rings. The highest BCUT2D eigenvalue weighted by Crippen LogP contribution is 2.34. The molecular formula is C12H14N4OS2. The molecular weight excluding hydrogens is 280 g/mol. The predicted octanol–water partition coefficient (Wildman–Crippen LogP) is 2.65. The Morgan fingerprint density at radius 3 is 2.95 bits per heavy atom. The second-order valence-electron chi connectivity index (χ2n) is 3.87. The van der Waals surface area contributed by atoms with Crippen molar-refractivity contribution in [1.82, 2.24) is 9.36 Å². The molecule has 2 rings (SSSR count). The van der Waals surface area contributed by atoms with Crippen molar-refractivity contribution in [2.45, 2.75) is 29.5 Å². The summed E-state index contributed by atoms with van der Waals surface area (Å²) in [7, 11) is 0.